The van der Waals surface area contributed by atoms with Crippen molar-refractivity contribution in [2.24, 2.45) is 0 Å². The lowest BCUT2D eigenvalue weighted by molar-refractivity contribution is -0.105. The summed E-state index contributed by atoms with van der Waals surface area (Å²) < 4.78 is 78.5. The van der Waals surface area contributed by atoms with Crippen LogP contribution in [0, 0.1) is 0 Å². The van der Waals surface area contributed by atoms with Gasteiger partial charge in [-0.2, -0.15) is 21.6 Å². The van der Waals surface area contributed by atoms with Crippen molar-refractivity contribution in [1.29, 1.82) is 0 Å². The fourth-order valence-electron chi connectivity index (χ4n) is 5.17. The Balaban J connectivity index is 1.78. The van der Waals surface area contributed by atoms with Crippen molar-refractivity contribution >= 4 is 22.0 Å². The third kappa shape index (κ3) is 2.75. The summed E-state index contributed by atoms with van der Waals surface area (Å²) in [5.74, 6) is 0.630. The summed E-state index contributed by atoms with van der Waals surface area (Å²) >= 11 is 0. The van der Waals surface area contributed by atoms with E-state index >= 15 is 0 Å². The molecule has 166 valence electrons. The van der Waals surface area contributed by atoms with Gasteiger partial charge in [0.15, 0.2) is 11.5 Å². The highest BCUT2D eigenvalue weighted by Crippen LogP contribution is 2.57. The zero-order chi connectivity index (χ0) is 22.2. The molecule has 0 saturated heterocycles. The fourth-order valence-corrected chi connectivity index (χ4v) is 5.70. The Morgan fingerprint density at radius 2 is 1.90 bits per heavy atom. The molecular weight excluding hydrogens is 439 g/mol. The van der Waals surface area contributed by atoms with Crippen molar-refractivity contribution in [3.05, 3.63) is 40.2 Å². The fraction of sp³-hybridized carbons (Fsp3) is 0.450. The molecule has 11 heteroatoms. The normalized spacial score (nSPS) is 25.3. The second-order valence-electron chi connectivity index (χ2n) is 7.99. The monoisotopic (exact) mass is 457 g/mol. The third-order valence-corrected chi connectivity index (χ3v) is 7.40. The SMILES string of the molecule is CC1=C(C=O)C23CCC(OS(=O)(=O)C(F)(F)F)=C2c2cc4c(cc2CCN3C1)OCO4. The highest BCUT2D eigenvalue weighted by molar-refractivity contribution is 7.87. The number of hydrogen-bond acceptors (Lipinski definition) is 7. The van der Waals surface area contributed by atoms with Gasteiger partial charge in [0.05, 0.1) is 5.54 Å². The molecule has 3 aliphatic heterocycles. The average molecular weight is 457 g/mol. The van der Waals surface area contributed by atoms with Gasteiger partial charge in [-0.25, -0.2) is 0 Å². The molecule has 5 rings (SSSR count). The van der Waals surface area contributed by atoms with Gasteiger partial charge in [0.25, 0.3) is 0 Å². The first-order chi connectivity index (χ1) is 14.6. The number of aldehydes is 1. The number of allylic oxidation sites excluding steroid dienone is 1. The van der Waals surface area contributed by atoms with Crippen molar-refractivity contribution in [3.63, 3.8) is 0 Å². The van der Waals surface area contributed by atoms with Crippen LogP contribution in [-0.2, 0) is 25.5 Å². The second-order valence-corrected chi connectivity index (χ2v) is 9.53. The van der Waals surface area contributed by atoms with Crippen molar-refractivity contribution in [1.82, 2.24) is 4.90 Å². The van der Waals surface area contributed by atoms with Gasteiger partial charge in [-0.1, -0.05) is 5.57 Å². The van der Waals surface area contributed by atoms with Gasteiger partial charge in [-0.15, -0.1) is 0 Å². The number of carbonyl (C=O) groups is 1. The van der Waals surface area contributed by atoms with Crippen molar-refractivity contribution in [2.45, 2.75) is 37.2 Å². The lowest BCUT2D eigenvalue weighted by Gasteiger charge is -2.37. The maximum atomic E-state index is 13.1. The molecule has 1 spiro atoms. The number of ether oxygens (including phenoxy) is 2. The number of rotatable bonds is 3. The molecule has 3 heterocycles. The summed E-state index contributed by atoms with van der Waals surface area (Å²) in [5.41, 5.74) is -3.79. The molecule has 1 unspecified atom stereocenters. The van der Waals surface area contributed by atoms with Gasteiger partial charge in [0.2, 0.25) is 6.79 Å². The predicted molar refractivity (Wildman–Crippen MR) is 102 cm³/mol. The van der Waals surface area contributed by atoms with Gasteiger partial charge in [0.1, 0.15) is 12.0 Å². The highest BCUT2D eigenvalue weighted by Gasteiger charge is 2.57. The smallest absolute Gasteiger partial charge is 0.454 e. The van der Waals surface area contributed by atoms with Crippen LogP contribution in [0.15, 0.2) is 29.0 Å². The lowest BCUT2D eigenvalue weighted by Crippen LogP contribution is -2.46. The minimum atomic E-state index is -5.86. The Labute approximate surface area is 176 Å². The van der Waals surface area contributed by atoms with Crippen molar-refractivity contribution in [3.8, 4) is 11.5 Å². The molecule has 0 N–H and O–H groups in total. The molecule has 31 heavy (non-hydrogen) atoms. The highest BCUT2D eigenvalue weighted by atomic mass is 32.2. The molecule has 7 nitrogen and oxygen atoms in total. The largest absolute Gasteiger partial charge is 0.534 e. The number of benzene rings is 1. The Kier molecular flexibility index (Phi) is 4.26. The van der Waals surface area contributed by atoms with Gasteiger partial charge in [-0.3, -0.25) is 9.69 Å². The Bertz CT molecular complexity index is 1170. The topological polar surface area (TPSA) is 82.1 Å². The number of hydrogen-bond donors (Lipinski definition) is 0. The standard InChI is InChI=1S/C20H18F3NO6S/c1-11-8-24-5-3-12-6-16-17(29-10-28-16)7-13(12)18-15(30-31(26,27)20(21,22)23)2-4-19(18,24)14(11)9-25/h6-7,9H,2-5,8,10H2,1H3. The summed E-state index contributed by atoms with van der Waals surface area (Å²) in [6.45, 7) is 2.80. The molecule has 0 fully saturated rings. The van der Waals surface area contributed by atoms with E-state index < -0.39 is 21.2 Å². The summed E-state index contributed by atoms with van der Waals surface area (Å²) in [5, 5.41) is 0. The van der Waals surface area contributed by atoms with E-state index in [0.29, 0.717) is 48.4 Å². The maximum absolute atomic E-state index is 13.1. The van der Waals surface area contributed by atoms with Crippen LogP contribution in [0.2, 0.25) is 0 Å². The number of alkyl halides is 3. The van der Waals surface area contributed by atoms with Crippen LogP contribution in [0.4, 0.5) is 13.2 Å². The van der Waals surface area contributed by atoms with Gasteiger partial charge >= 0.3 is 15.6 Å². The molecule has 1 aliphatic carbocycles. The lowest BCUT2D eigenvalue weighted by atomic mass is 9.80. The first kappa shape index (κ1) is 20.4. The molecule has 0 amide bonds. The molecule has 0 saturated carbocycles. The maximum Gasteiger partial charge on any atom is 0.534 e. The molecule has 1 aromatic rings. The first-order valence-corrected chi connectivity index (χ1v) is 11.1. The van der Waals surface area contributed by atoms with Crippen LogP contribution in [-0.4, -0.2) is 50.5 Å². The van der Waals surface area contributed by atoms with Crippen LogP contribution in [0.25, 0.3) is 5.57 Å². The summed E-state index contributed by atoms with van der Waals surface area (Å²) in [6, 6.07) is 3.40. The third-order valence-electron chi connectivity index (χ3n) is 6.41. The Morgan fingerprint density at radius 1 is 1.19 bits per heavy atom. The molecule has 1 atom stereocenters. The van der Waals surface area contributed by atoms with E-state index in [0.717, 1.165) is 11.1 Å². The minimum absolute atomic E-state index is 0.0128. The molecule has 0 bridgehead atoms. The van der Waals surface area contributed by atoms with E-state index in [9.17, 15) is 26.4 Å². The minimum Gasteiger partial charge on any atom is -0.454 e. The van der Waals surface area contributed by atoms with Crippen molar-refractivity contribution < 1.29 is 40.0 Å². The zero-order valence-electron chi connectivity index (χ0n) is 16.4. The number of fused-ring (bicyclic) bond motifs is 3. The molecule has 0 radical (unpaired) electrons. The van der Waals surface area contributed by atoms with E-state index in [1.165, 1.54) is 0 Å². The van der Waals surface area contributed by atoms with E-state index in [1.54, 1.807) is 19.1 Å². The number of carbonyl (C=O) groups excluding carboxylic acids is 1. The summed E-state index contributed by atoms with van der Waals surface area (Å²) in [6.07, 6.45) is 1.44. The molecule has 4 aliphatic rings. The van der Waals surface area contributed by atoms with E-state index in [1.807, 2.05) is 4.90 Å². The van der Waals surface area contributed by atoms with E-state index in [4.69, 9.17) is 9.47 Å². The van der Waals surface area contributed by atoms with Crippen LogP contribution >= 0.6 is 0 Å². The van der Waals surface area contributed by atoms with E-state index in [-0.39, 0.29) is 31.0 Å². The molecular formula is C20H18F3NO6S. The average Bonchev–Trinajstić information content (AvgIpc) is 3.33. The Morgan fingerprint density at radius 3 is 2.58 bits per heavy atom. The molecule has 1 aromatic carbocycles. The molecule has 0 aromatic heterocycles. The Hall–Kier alpha value is -2.53. The predicted octanol–water partition coefficient (Wildman–Crippen LogP) is 2.91. The summed E-state index contributed by atoms with van der Waals surface area (Å²) in [7, 11) is -5.86. The van der Waals surface area contributed by atoms with Gasteiger partial charge < -0.3 is 13.7 Å². The zero-order valence-corrected chi connectivity index (χ0v) is 17.2. The van der Waals surface area contributed by atoms with Crippen LogP contribution in [0.3, 0.4) is 0 Å². The van der Waals surface area contributed by atoms with Crippen LogP contribution in [0.1, 0.15) is 30.9 Å². The van der Waals surface area contributed by atoms with Crippen molar-refractivity contribution in [2.75, 3.05) is 19.9 Å². The quantitative estimate of drug-likeness (QED) is 0.392. The number of nitrogens with zero attached hydrogens (tertiary/aromatic N) is 1. The van der Waals surface area contributed by atoms with E-state index in [2.05, 4.69) is 4.18 Å². The van der Waals surface area contributed by atoms with Crippen LogP contribution < -0.4 is 9.47 Å². The van der Waals surface area contributed by atoms with Crippen LogP contribution in [0.5, 0.6) is 11.5 Å². The van der Waals surface area contributed by atoms with Gasteiger partial charge in [-0.05, 0) is 43.0 Å². The summed E-state index contributed by atoms with van der Waals surface area (Å²) in [4.78, 5) is 14.1. The second kappa shape index (κ2) is 6.49. The number of halogens is 3. The first-order valence-electron chi connectivity index (χ1n) is 9.66. The van der Waals surface area contributed by atoms with Gasteiger partial charge in [0, 0.05) is 30.7 Å².